The molecule has 4 rings (SSSR count). The fourth-order valence-electron chi connectivity index (χ4n) is 5.18. The fraction of sp³-hybridized carbons (Fsp3) is 0.444. The summed E-state index contributed by atoms with van der Waals surface area (Å²) in [5.41, 5.74) is 4.38. The van der Waals surface area contributed by atoms with Gasteiger partial charge in [-0.3, -0.25) is 0 Å². The van der Waals surface area contributed by atoms with E-state index in [1.807, 2.05) is 34.9 Å². The van der Waals surface area contributed by atoms with Crippen LogP contribution >= 0.6 is 0 Å². The van der Waals surface area contributed by atoms with E-state index in [-0.39, 0.29) is 0 Å². The van der Waals surface area contributed by atoms with Crippen LogP contribution in [-0.4, -0.2) is 28.8 Å². The Morgan fingerprint density at radius 3 is 2.69 bits per heavy atom. The zero-order chi connectivity index (χ0) is 22.8. The van der Waals surface area contributed by atoms with Crippen molar-refractivity contribution in [3.8, 4) is 5.75 Å². The molecular formula is C27H34N2O3. The van der Waals surface area contributed by atoms with E-state index in [4.69, 9.17) is 4.74 Å². The molecule has 170 valence electrons. The maximum Gasteiger partial charge on any atom is 0.352 e. The Morgan fingerprint density at radius 2 is 1.97 bits per heavy atom. The number of carbonyl (C=O) groups is 1. The van der Waals surface area contributed by atoms with Crippen molar-refractivity contribution in [2.24, 2.45) is 11.8 Å². The van der Waals surface area contributed by atoms with Gasteiger partial charge in [-0.25, -0.2) is 4.79 Å². The lowest BCUT2D eigenvalue weighted by Crippen LogP contribution is -2.40. The van der Waals surface area contributed by atoms with Crippen LogP contribution < -0.4 is 10.1 Å². The molecule has 32 heavy (non-hydrogen) atoms. The summed E-state index contributed by atoms with van der Waals surface area (Å²) in [6.07, 6.45) is 3.64. The lowest BCUT2D eigenvalue weighted by Gasteiger charge is -2.34. The third-order valence-electron chi connectivity index (χ3n) is 7.42. The van der Waals surface area contributed by atoms with E-state index in [0.717, 1.165) is 39.8 Å². The third kappa shape index (κ3) is 4.26. The van der Waals surface area contributed by atoms with Crippen LogP contribution in [0, 0.1) is 18.8 Å². The van der Waals surface area contributed by atoms with Crippen LogP contribution in [0.5, 0.6) is 5.75 Å². The summed E-state index contributed by atoms with van der Waals surface area (Å²) in [6.45, 7) is 7.76. The molecule has 0 amide bonds. The minimum Gasteiger partial charge on any atom is -0.497 e. The van der Waals surface area contributed by atoms with Crippen LogP contribution in [0.3, 0.4) is 0 Å². The van der Waals surface area contributed by atoms with Crippen molar-refractivity contribution in [2.75, 3.05) is 7.11 Å². The van der Waals surface area contributed by atoms with Crippen molar-refractivity contribution in [1.82, 2.24) is 9.88 Å². The van der Waals surface area contributed by atoms with Gasteiger partial charge in [0.05, 0.1) is 12.6 Å². The molecule has 5 nitrogen and oxygen atoms in total. The van der Waals surface area contributed by atoms with E-state index in [0.29, 0.717) is 36.7 Å². The van der Waals surface area contributed by atoms with Crippen molar-refractivity contribution in [3.05, 3.63) is 64.8 Å². The van der Waals surface area contributed by atoms with Gasteiger partial charge in [0.1, 0.15) is 11.4 Å². The van der Waals surface area contributed by atoms with Gasteiger partial charge in [-0.1, -0.05) is 51.0 Å². The number of hydrogen-bond acceptors (Lipinski definition) is 3. The van der Waals surface area contributed by atoms with Gasteiger partial charge >= 0.3 is 5.97 Å². The molecular weight excluding hydrogens is 400 g/mol. The third-order valence-corrected chi connectivity index (χ3v) is 7.42. The molecule has 0 saturated heterocycles. The van der Waals surface area contributed by atoms with Crippen molar-refractivity contribution in [3.63, 3.8) is 0 Å². The van der Waals surface area contributed by atoms with Crippen molar-refractivity contribution >= 4 is 16.9 Å². The van der Waals surface area contributed by atoms with E-state index in [1.54, 1.807) is 7.11 Å². The average Bonchev–Trinajstić information content (AvgIpc) is 3.09. The number of methoxy groups -OCH3 is 1. The molecule has 0 bridgehead atoms. The molecule has 3 atom stereocenters. The molecule has 2 N–H and O–H groups in total. The predicted octanol–water partition coefficient (Wildman–Crippen LogP) is 5.62. The Kier molecular flexibility index (Phi) is 6.56. The second-order valence-electron chi connectivity index (χ2n) is 9.28. The molecule has 3 unspecified atom stereocenters. The summed E-state index contributed by atoms with van der Waals surface area (Å²) in [6, 6.07) is 14.4. The molecule has 1 aliphatic carbocycles. The Balaban J connectivity index is 1.78. The zero-order valence-electron chi connectivity index (χ0n) is 19.5. The Labute approximate surface area is 190 Å². The molecule has 0 aliphatic heterocycles. The molecule has 1 aliphatic rings. The maximum absolute atomic E-state index is 12.5. The summed E-state index contributed by atoms with van der Waals surface area (Å²) in [4.78, 5) is 12.5. The van der Waals surface area contributed by atoms with Gasteiger partial charge in [0, 0.05) is 36.1 Å². The zero-order valence-corrected chi connectivity index (χ0v) is 19.5. The Bertz CT molecular complexity index is 1120. The Hall–Kier alpha value is -2.79. The normalized spacial score (nSPS) is 21.1. The van der Waals surface area contributed by atoms with Gasteiger partial charge in [-0.2, -0.15) is 0 Å². The summed E-state index contributed by atoms with van der Waals surface area (Å²) in [5, 5.41) is 15.0. The van der Waals surface area contributed by atoms with Gasteiger partial charge in [-0.05, 0) is 48.4 Å². The van der Waals surface area contributed by atoms with Crippen LogP contribution in [0.4, 0.5) is 0 Å². The second-order valence-corrected chi connectivity index (χ2v) is 9.28. The number of nitrogens with zero attached hydrogens (tertiary/aromatic N) is 1. The number of rotatable bonds is 7. The number of aromatic carboxylic acids is 1. The number of hydrogen-bond donors (Lipinski definition) is 2. The first-order chi connectivity index (χ1) is 15.4. The van der Waals surface area contributed by atoms with Crippen molar-refractivity contribution < 1.29 is 14.6 Å². The molecule has 5 heteroatoms. The van der Waals surface area contributed by atoms with E-state index in [2.05, 4.69) is 38.2 Å². The van der Waals surface area contributed by atoms with Gasteiger partial charge in [0.2, 0.25) is 0 Å². The highest BCUT2D eigenvalue weighted by Gasteiger charge is 2.28. The van der Waals surface area contributed by atoms with Crippen molar-refractivity contribution in [1.29, 1.82) is 0 Å². The van der Waals surface area contributed by atoms with Crippen LogP contribution in [0.25, 0.3) is 10.9 Å². The molecule has 1 fully saturated rings. The summed E-state index contributed by atoms with van der Waals surface area (Å²) in [5.74, 6) is 1.10. The van der Waals surface area contributed by atoms with Gasteiger partial charge in [-0.15, -0.1) is 0 Å². The molecule has 1 aromatic heterocycles. The smallest absolute Gasteiger partial charge is 0.352 e. The maximum atomic E-state index is 12.5. The fourth-order valence-corrected chi connectivity index (χ4v) is 5.18. The van der Waals surface area contributed by atoms with Gasteiger partial charge in [0.25, 0.3) is 0 Å². The lowest BCUT2D eigenvalue weighted by atomic mass is 9.78. The van der Waals surface area contributed by atoms with E-state index >= 15 is 0 Å². The number of aromatic nitrogens is 1. The number of nitrogens with one attached hydrogen (secondary N) is 1. The molecule has 1 saturated carbocycles. The molecule has 3 aromatic rings. The summed E-state index contributed by atoms with van der Waals surface area (Å²) in [7, 11) is 1.64. The van der Waals surface area contributed by atoms with E-state index < -0.39 is 5.97 Å². The quantitative estimate of drug-likeness (QED) is 0.507. The average molecular weight is 435 g/mol. The largest absolute Gasteiger partial charge is 0.497 e. The van der Waals surface area contributed by atoms with E-state index in [9.17, 15) is 9.90 Å². The first-order valence-electron chi connectivity index (χ1n) is 11.6. The van der Waals surface area contributed by atoms with Gasteiger partial charge < -0.3 is 19.7 Å². The SMILES string of the molecule is COc1ccc2c(CNC3CCCC(C)C3C)c(C(=O)O)n(Cc3ccccc3C)c2c1. The number of carboxylic acid groups (broad SMARTS) is 1. The second kappa shape index (κ2) is 9.37. The minimum absolute atomic E-state index is 0.362. The summed E-state index contributed by atoms with van der Waals surface area (Å²) < 4.78 is 7.40. The van der Waals surface area contributed by atoms with Gasteiger partial charge in [0.15, 0.2) is 0 Å². The molecule has 1 heterocycles. The highest BCUT2D eigenvalue weighted by molar-refractivity contribution is 5.98. The van der Waals surface area contributed by atoms with E-state index in [1.165, 1.54) is 12.8 Å². The number of ether oxygens (including phenoxy) is 1. The Morgan fingerprint density at radius 1 is 1.19 bits per heavy atom. The molecule has 0 spiro atoms. The number of aryl methyl sites for hydroxylation is 1. The number of benzene rings is 2. The highest BCUT2D eigenvalue weighted by Crippen LogP contribution is 2.33. The predicted molar refractivity (Wildman–Crippen MR) is 129 cm³/mol. The number of fused-ring (bicyclic) bond motifs is 1. The number of carboxylic acids is 1. The standard InChI is InChI=1S/C27H34N2O3/c1-17-9-7-11-24(19(17)3)28-15-23-22-13-12-21(32-4)14-25(22)29(26(23)27(30)31)16-20-10-6-5-8-18(20)2/h5-6,8,10,12-14,17,19,24,28H,7,9,11,15-16H2,1-4H3,(H,30,31). The van der Waals surface area contributed by atoms with Crippen LogP contribution in [0.1, 0.15) is 60.3 Å². The topological polar surface area (TPSA) is 63.5 Å². The van der Waals surface area contributed by atoms with Crippen LogP contribution in [0.2, 0.25) is 0 Å². The summed E-state index contributed by atoms with van der Waals surface area (Å²) >= 11 is 0. The van der Waals surface area contributed by atoms with Crippen molar-refractivity contribution in [2.45, 2.75) is 59.2 Å². The first-order valence-corrected chi connectivity index (χ1v) is 11.6. The van der Waals surface area contributed by atoms with Crippen LogP contribution in [-0.2, 0) is 13.1 Å². The van der Waals surface area contributed by atoms with Crippen LogP contribution in [0.15, 0.2) is 42.5 Å². The molecule has 2 aromatic carbocycles. The minimum atomic E-state index is -0.893. The lowest BCUT2D eigenvalue weighted by molar-refractivity contribution is 0.0684. The monoisotopic (exact) mass is 434 g/mol. The molecule has 0 radical (unpaired) electrons. The first kappa shape index (κ1) is 22.4. The highest BCUT2D eigenvalue weighted by atomic mass is 16.5.